The zero-order valence-electron chi connectivity index (χ0n) is 25.8. The van der Waals surface area contributed by atoms with Crippen molar-refractivity contribution in [3.8, 4) is 22.8 Å². The summed E-state index contributed by atoms with van der Waals surface area (Å²) < 4.78 is 64.7. The second kappa shape index (κ2) is 13.1. The first-order valence-corrected chi connectivity index (χ1v) is 14.9. The molecule has 1 aliphatic heterocycles. The smallest absolute Gasteiger partial charge is 0.387 e. The van der Waals surface area contributed by atoms with Crippen molar-refractivity contribution in [3.05, 3.63) is 69.6 Å². The summed E-state index contributed by atoms with van der Waals surface area (Å²) >= 11 is 0. The van der Waals surface area contributed by atoms with Crippen molar-refractivity contribution in [1.29, 1.82) is 0 Å². The minimum atomic E-state index is -3.18. The number of halogens is 4. The van der Waals surface area contributed by atoms with E-state index in [-0.39, 0.29) is 45.8 Å². The van der Waals surface area contributed by atoms with Crippen molar-refractivity contribution in [1.82, 2.24) is 19.8 Å². The van der Waals surface area contributed by atoms with Crippen molar-refractivity contribution < 1.29 is 36.6 Å². The van der Waals surface area contributed by atoms with Gasteiger partial charge >= 0.3 is 6.61 Å². The molecule has 2 amide bonds. The Morgan fingerprint density at radius 1 is 1.04 bits per heavy atom. The largest absolute Gasteiger partial charge is 0.475 e. The minimum Gasteiger partial charge on any atom is -0.475 e. The van der Waals surface area contributed by atoms with Crippen LogP contribution in [0.25, 0.3) is 11.1 Å². The summed E-state index contributed by atoms with van der Waals surface area (Å²) in [5.74, 6) is -4.33. The number of likely N-dealkylation sites (tertiary alicyclic amines) is 1. The lowest BCUT2D eigenvalue weighted by Gasteiger charge is -2.39. The van der Waals surface area contributed by atoms with Crippen LogP contribution in [0.2, 0.25) is 0 Å². The molecule has 246 valence electrons. The van der Waals surface area contributed by atoms with Crippen LogP contribution < -0.4 is 25.7 Å². The van der Waals surface area contributed by atoms with Crippen LogP contribution in [0.3, 0.4) is 0 Å². The van der Waals surface area contributed by atoms with E-state index in [1.165, 1.54) is 47.7 Å². The number of pyridine rings is 2. The Labute approximate surface area is 262 Å². The molecule has 1 saturated carbocycles. The number of carbonyl (C=O) groups is 2. The van der Waals surface area contributed by atoms with Gasteiger partial charge in [-0.1, -0.05) is 0 Å². The zero-order valence-corrected chi connectivity index (χ0v) is 25.8. The molecule has 1 aromatic carbocycles. The Balaban J connectivity index is 1.48. The first-order chi connectivity index (χ1) is 21.7. The van der Waals surface area contributed by atoms with Crippen molar-refractivity contribution in [2.75, 3.05) is 18.4 Å². The molecular weight excluding hydrogens is 610 g/mol. The van der Waals surface area contributed by atoms with E-state index in [0.717, 1.165) is 16.5 Å². The van der Waals surface area contributed by atoms with Crippen molar-refractivity contribution >= 4 is 17.6 Å². The molecule has 3 heterocycles. The van der Waals surface area contributed by atoms with Gasteiger partial charge in [0.1, 0.15) is 17.1 Å². The molecule has 14 heteroatoms. The highest BCUT2D eigenvalue weighted by atomic mass is 19.3. The average Bonchev–Trinajstić information content (AvgIpc) is 3.81. The first kappa shape index (κ1) is 32.9. The molecule has 0 unspecified atom stereocenters. The van der Waals surface area contributed by atoms with Gasteiger partial charge in [-0.2, -0.15) is 13.8 Å². The molecule has 2 aromatic heterocycles. The second-order valence-corrected chi connectivity index (χ2v) is 12.0. The Morgan fingerprint density at radius 2 is 1.76 bits per heavy atom. The van der Waals surface area contributed by atoms with Gasteiger partial charge in [-0.25, -0.2) is 8.78 Å². The normalized spacial score (nSPS) is 16.3. The Hall–Kier alpha value is -4.46. The summed E-state index contributed by atoms with van der Waals surface area (Å²) in [5, 5.41) is 6.06. The molecule has 1 saturated heterocycles. The summed E-state index contributed by atoms with van der Waals surface area (Å²) in [5.41, 5.74) is 0.336. The monoisotopic (exact) mass is 645 g/mol. The van der Waals surface area contributed by atoms with Crippen LogP contribution in [0.5, 0.6) is 11.6 Å². The molecule has 2 aliphatic rings. The maximum absolute atomic E-state index is 13.6. The predicted octanol–water partition coefficient (Wildman–Crippen LogP) is 5.07. The molecule has 1 atom stereocenters. The quantitative estimate of drug-likeness (QED) is 0.265. The van der Waals surface area contributed by atoms with Gasteiger partial charge in [0.2, 0.25) is 5.88 Å². The third-order valence-electron chi connectivity index (χ3n) is 7.73. The van der Waals surface area contributed by atoms with Crippen LogP contribution in [-0.4, -0.2) is 64.0 Å². The summed E-state index contributed by atoms with van der Waals surface area (Å²) in [6.45, 7) is 1.21. The van der Waals surface area contributed by atoms with Gasteiger partial charge in [-0.15, -0.1) is 0 Å². The third-order valence-corrected chi connectivity index (χ3v) is 7.73. The number of amides is 2. The number of rotatable bonds is 12. The molecule has 0 spiro atoms. The van der Waals surface area contributed by atoms with Crippen molar-refractivity contribution in [2.24, 2.45) is 13.0 Å². The lowest BCUT2D eigenvalue weighted by molar-refractivity contribution is -0.113. The number of hydrogen-bond donors (Lipinski definition) is 2. The maximum Gasteiger partial charge on any atom is 0.387 e. The van der Waals surface area contributed by atoms with Crippen LogP contribution in [-0.2, 0) is 13.6 Å². The lowest BCUT2D eigenvalue weighted by Crippen LogP contribution is -2.58. The fourth-order valence-electron chi connectivity index (χ4n) is 5.25. The van der Waals surface area contributed by atoms with Gasteiger partial charge in [0.15, 0.2) is 0 Å². The first-order valence-electron chi connectivity index (χ1n) is 14.9. The van der Waals surface area contributed by atoms with Crippen LogP contribution in [0.1, 0.15) is 59.9 Å². The van der Waals surface area contributed by atoms with E-state index in [9.17, 15) is 31.9 Å². The van der Waals surface area contributed by atoms with E-state index in [2.05, 4.69) is 27.3 Å². The summed E-state index contributed by atoms with van der Waals surface area (Å²) in [6.07, 6.45) is 3.64. The van der Waals surface area contributed by atoms with Crippen molar-refractivity contribution in [3.63, 3.8) is 0 Å². The number of anilines is 1. The number of aryl methyl sites for hydroxylation is 1. The molecule has 0 bridgehead atoms. The number of nitrogens with zero attached hydrogens (tertiary/aromatic N) is 3. The predicted molar refractivity (Wildman–Crippen MR) is 162 cm³/mol. The van der Waals surface area contributed by atoms with Crippen LogP contribution in [0.15, 0.2) is 47.4 Å². The molecule has 5 rings (SSSR count). The number of nitrogens with one attached hydrogen (secondary N) is 2. The van der Waals surface area contributed by atoms with E-state index in [1.54, 1.807) is 27.1 Å². The van der Waals surface area contributed by atoms with E-state index in [4.69, 9.17) is 4.74 Å². The molecule has 1 aliphatic carbocycles. The van der Waals surface area contributed by atoms with Gasteiger partial charge in [0.05, 0.1) is 24.8 Å². The number of ether oxygens (including phenoxy) is 2. The van der Waals surface area contributed by atoms with E-state index >= 15 is 0 Å². The van der Waals surface area contributed by atoms with E-state index in [1.807, 2.05) is 0 Å². The highest BCUT2D eigenvalue weighted by Crippen LogP contribution is 2.36. The Bertz CT molecular complexity index is 1680. The summed E-state index contributed by atoms with van der Waals surface area (Å²) in [4.78, 5) is 44.9. The maximum atomic E-state index is 13.6. The van der Waals surface area contributed by atoms with E-state index < -0.39 is 43.0 Å². The molecule has 0 radical (unpaired) electrons. The van der Waals surface area contributed by atoms with Crippen molar-refractivity contribution in [2.45, 2.75) is 64.8 Å². The second-order valence-electron chi connectivity index (χ2n) is 12.0. The number of carbonyl (C=O) groups excluding carboxylic acids is 2. The van der Waals surface area contributed by atoms with Gasteiger partial charge in [0.25, 0.3) is 23.3 Å². The number of benzene rings is 1. The number of hydrogen-bond acceptors (Lipinski definition) is 7. The van der Waals surface area contributed by atoms with Crippen LogP contribution in [0, 0.1) is 5.92 Å². The topological polar surface area (TPSA) is 115 Å². The van der Waals surface area contributed by atoms with E-state index in [0.29, 0.717) is 18.5 Å². The molecular formula is C32H35F4N5O5. The number of alkyl halides is 4. The molecule has 2 N–H and O–H groups in total. The zero-order chi connectivity index (χ0) is 33.3. The van der Waals surface area contributed by atoms with Gasteiger partial charge in [-0.3, -0.25) is 14.4 Å². The van der Waals surface area contributed by atoms with Gasteiger partial charge in [-0.05, 0) is 86.6 Å². The standard InChI is InChI=1S/C32H35F4N5O5/c1-17(2)45-27-11-21(23-8-7-22(46-31(33)34)12-24(23)30(44)41-15-32(35,36)16-41)10-26(38-27)39-28(42)25-9-19(14-40(4)29(25)43)13-37-18(3)20-5-6-20/h7-12,14,17-18,20,31,37H,5-6,13,15-16H2,1-4H3,(H,38,39,42)/t18-/m0/s1. The summed E-state index contributed by atoms with van der Waals surface area (Å²) in [7, 11) is 1.55. The third kappa shape index (κ3) is 7.84. The van der Waals surface area contributed by atoms with Gasteiger partial charge in [0, 0.05) is 31.9 Å². The SMILES string of the molecule is CC(C)Oc1cc(-c2ccc(OC(F)F)cc2C(=O)N2CC(F)(F)C2)cc(NC(=O)c2cc(CN[C@@H](C)C3CC3)cn(C)c2=O)n1. The van der Waals surface area contributed by atoms with Crippen LogP contribution >= 0.6 is 0 Å². The highest BCUT2D eigenvalue weighted by molar-refractivity contribution is 6.05. The fourth-order valence-corrected chi connectivity index (χ4v) is 5.25. The minimum absolute atomic E-state index is 0.0344. The van der Waals surface area contributed by atoms with Gasteiger partial charge < -0.3 is 29.6 Å². The summed E-state index contributed by atoms with van der Waals surface area (Å²) in [6, 6.07) is 8.27. The fraction of sp³-hybridized carbons (Fsp3) is 0.438. The Morgan fingerprint density at radius 3 is 2.39 bits per heavy atom. The average molecular weight is 646 g/mol. The Kier molecular flexibility index (Phi) is 9.38. The molecule has 3 aromatic rings. The molecule has 2 fully saturated rings. The highest BCUT2D eigenvalue weighted by Gasteiger charge is 2.46. The van der Waals surface area contributed by atoms with Crippen LogP contribution in [0.4, 0.5) is 23.4 Å². The lowest BCUT2D eigenvalue weighted by atomic mass is 9.97. The number of aromatic nitrogens is 2. The molecule has 46 heavy (non-hydrogen) atoms. The molecule has 10 nitrogen and oxygen atoms in total.